The van der Waals surface area contributed by atoms with E-state index < -0.39 is 86.8 Å². The number of ether oxygens (including phenoxy) is 4. The van der Waals surface area contributed by atoms with Crippen LogP contribution in [0.2, 0.25) is 0 Å². The Morgan fingerprint density at radius 1 is 0.474 bits per heavy atom. The van der Waals surface area contributed by atoms with Gasteiger partial charge in [0, 0.05) is 6.42 Å². The van der Waals surface area contributed by atoms with Gasteiger partial charge in [0.05, 0.1) is 32.0 Å². The van der Waals surface area contributed by atoms with Gasteiger partial charge in [-0.15, -0.1) is 0 Å². The van der Waals surface area contributed by atoms with E-state index >= 15 is 0 Å². The van der Waals surface area contributed by atoms with Crippen molar-refractivity contribution in [2.24, 2.45) is 0 Å². The van der Waals surface area contributed by atoms with Crippen molar-refractivity contribution in [3.05, 3.63) is 122 Å². The van der Waals surface area contributed by atoms with Crippen LogP contribution < -0.4 is 5.32 Å². The SMILES string of the molecule is CC/C=C\C/C=C\C/C=C\C/C=C\C/C=C\C/C=C\C/C=C\C/C=C\C/C=C\CCCCCCCCCCCCCC(=O)NC(COC1OC(CO)C(OC2OC(CO)C(O)C(O)C2O)C(O)C1O)C(O)/C=C/CCCCC. The highest BCUT2D eigenvalue weighted by atomic mass is 16.7. The van der Waals surface area contributed by atoms with Crippen molar-refractivity contribution in [3.8, 4) is 0 Å². The zero-order chi connectivity index (χ0) is 56.7. The maximum atomic E-state index is 13.1. The van der Waals surface area contributed by atoms with Crippen LogP contribution in [0.1, 0.15) is 181 Å². The maximum Gasteiger partial charge on any atom is 0.220 e. The van der Waals surface area contributed by atoms with Gasteiger partial charge in [-0.25, -0.2) is 0 Å². The smallest absolute Gasteiger partial charge is 0.220 e. The Hall–Kier alpha value is -3.61. The van der Waals surface area contributed by atoms with Crippen LogP contribution in [0.3, 0.4) is 0 Å². The highest BCUT2D eigenvalue weighted by Crippen LogP contribution is 2.30. The van der Waals surface area contributed by atoms with Crippen molar-refractivity contribution >= 4 is 5.91 Å². The predicted octanol–water partition coefficient (Wildman–Crippen LogP) is 10.2. The minimum Gasteiger partial charge on any atom is -0.394 e. The van der Waals surface area contributed by atoms with Gasteiger partial charge in [-0.1, -0.05) is 206 Å². The van der Waals surface area contributed by atoms with Crippen LogP contribution in [0.4, 0.5) is 0 Å². The molecule has 12 atom stereocenters. The van der Waals surface area contributed by atoms with Gasteiger partial charge in [-0.05, 0) is 89.9 Å². The van der Waals surface area contributed by atoms with Crippen molar-refractivity contribution in [2.75, 3.05) is 19.8 Å². The summed E-state index contributed by atoms with van der Waals surface area (Å²) >= 11 is 0. The second kappa shape index (κ2) is 48.1. The minimum atomic E-state index is -1.79. The highest BCUT2D eigenvalue weighted by molar-refractivity contribution is 5.76. The Kier molecular flexibility index (Phi) is 43.5. The van der Waals surface area contributed by atoms with E-state index in [-0.39, 0.29) is 18.9 Å². The number of hydrogen-bond acceptors (Lipinski definition) is 13. The lowest BCUT2D eigenvalue weighted by Crippen LogP contribution is -2.65. The molecule has 14 heteroatoms. The molecule has 0 saturated carbocycles. The number of carbonyl (C=O) groups excluding carboxylic acids is 1. The number of rotatable bonds is 45. The second-order valence-corrected chi connectivity index (χ2v) is 20.4. The zero-order valence-corrected chi connectivity index (χ0v) is 47.6. The lowest BCUT2D eigenvalue weighted by Gasteiger charge is -2.46. The van der Waals surface area contributed by atoms with Gasteiger partial charge in [-0.3, -0.25) is 4.79 Å². The zero-order valence-electron chi connectivity index (χ0n) is 47.6. The first-order chi connectivity index (χ1) is 38.1. The summed E-state index contributed by atoms with van der Waals surface area (Å²) < 4.78 is 22.6. The maximum absolute atomic E-state index is 13.1. The van der Waals surface area contributed by atoms with Gasteiger partial charge in [0.2, 0.25) is 5.91 Å². The Balaban J connectivity index is 1.54. The van der Waals surface area contributed by atoms with Crippen LogP contribution in [0.5, 0.6) is 0 Å². The molecular formula is C64H105NO13. The average Bonchev–Trinajstić information content (AvgIpc) is 3.47. The van der Waals surface area contributed by atoms with Gasteiger partial charge in [0.1, 0.15) is 48.8 Å². The molecule has 2 rings (SSSR count). The molecule has 0 aromatic carbocycles. The fourth-order valence-electron chi connectivity index (χ4n) is 8.87. The Bertz CT molecular complexity index is 1770. The van der Waals surface area contributed by atoms with Gasteiger partial charge < -0.3 is 65.1 Å². The van der Waals surface area contributed by atoms with E-state index in [1.54, 1.807) is 6.08 Å². The van der Waals surface area contributed by atoms with E-state index in [0.29, 0.717) is 6.42 Å². The molecule has 0 aromatic heterocycles. The Morgan fingerprint density at radius 3 is 1.36 bits per heavy atom. The van der Waals surface area contributed by atoms with Gasteiger partial charge in [0.15, 0.2) is 12.6 Å². The molecule has 78 heavy (non-hydrogen) atoms. The lowest BCUT2D eigenvalue weighted by molar-refractivity contribution is -0.359. The summed E-state index contributed by atoms with van der Waals surface area (Å²) in [5.41, 5.74) is 0. The fraction of sp³-hybridized carbons (Fsp3) is 0.672. The summed E-state index contributed by atoms with van der Waals surface area (Å²) in [6, 6.07) is -0.919. The Labute approximate surface area is 469 Å². The van der Waals surface area contributed by atoms with E-state index in [0.717, 1.165) is 109 Å². The molecule has 0 radical (unpaired) electrons. The second-order valence-electron chi connectivity index (χ2n) is 20.4. The molecule has 14 nitrogen and oxygen atoms in total. The molecular weight excluding hydrogens is 991 g/mol. The molecule has 0 bridgehead atoms. The summed E-state index contributed by atoms with van der Waals surface area (Å²) in [7, 11) is 0. The quantitative estimate of drug-likeness (QED) is 0.0205. The molecule has 0 spiro atoms. The molecule has 0 aromatic rings. The number of nitrogens with one attached hydrogen (secondary N) is 1. The number of allylic oxidation sites excluding steroid dienone is 19. The van der Waals surface area contributed by atoms with E-state index in [4.69, 9.17) is 18.9 Å². The van der Waals surface area contributed by atoms with Crippen molar-refractivity contribution in [1.29, 1.82) is 0 Å². The van der Waals surface area contributed by atoms with Gasteiger partial charge in [-0.2, -0.15) is 0 Å². The van der Waals surface area contributed by atoms with Crippen LogP contribution in [0, 0.1) is 0 Å². The number of hydrogen-bond donors (Lipinski definition) is 9. The lowest BCUT2D eigenvalue weighted by atomic mass is 9.97. The van der Waals surface area contributed by atoms with Crippen molar-refractivity contribution in [1.82, 2.24) is 5.32 Å². The van der Waals surface area contributed by atoms with Crippen LogP contribution in [0.25, 0.3) is 0 Å². The summed E-state index contributed by atoms with van der Waals surface area (Å²) in [6.45, 7) is 2.52. The summed E-state index contributed by atoms with van der Waals surface area (Å²) in [5, 5.41) is 86.3. The molecule has 9 N–H and O–H groups in total. The van der Waals surface area contributed by atoms with Crippen LogP contribution in [-0.2, 0) is 23.7 Å². The topological polar surface area (TPSA) is 228 Å². The van der Waals surface area contributed by atoms with Gasteiger partial charge >= 0.3 is 0 Å². The number of amides is 1. The third-order valence-electron chi connectivity index (χ3n) is 13.7. The molecule has 2 fully saturated rings. The van der Waals surface area contributed by atoms with E-state index in [9.17, 15) is 45.6 Å². The minimum absolute atomic E-state index is 0.256. The van der Waals surface area contributed by atoms with E-state index in [1.165, 1.54) is 44.9 Å². The van der Waals surface area contributed by atoms with Crippen LogP contribution in [0.15, 0.2) is 122 Å². The average molecular weight is 1100 g/mol. The number of aliphatic hydroxyl groups excluding tert-OH is 8. The molecule has 2 heterocycles. The third kappa shape index (κ3) is 33.2. The summed E-state index contributed by atoms with van der Waals surface area (Å²) in [5.74, 6) is -0.256. The molecule has 12 unspecified atom stereocenters. The van der Waals surface area contributed by atoms with Gasteiger partial charge in [0.25, 0.3) is 0 Å². The van der Waals surface area contributed by atoms with Crippen molar-refractivity contribution in [3.63, 3.8) is 0 Å². The van der Waals surface area contributed by atoms with Crippen molar-refractivity contribution < 1.29 is 64.6 Å². The monoisotopic (exact) mass is 1100 g/mol. The Morgan fingerprint density at radius 2 is 0.885 bits per heavy atom. The number of carbonyl (C=O) groups is 1. The molecule has 2 aliphatic rings. The van der Waals surface area contributed by atoms with Crippen LogP contribution >= 0.6 is 0 Å². The molecule has 1 amide bonds. The first kappa shape index (κ1) is 70.5. The number of aliphatic hydroxyl groups is 8. The fourth-order valence-corrected chi connectivity index (χ4v) is 8.87. The van der Waals surface area contributed by atoms with Crippen LogP contribution in [-0.4, -0.2) is 140 Å². The predicted molar refractivity (Wildman–Crippen MR) is 313 cm³/mol. The summed E-state index contributed by atoms with van der Waals surface area (Å²) in [4.78, 5) is 13.1. The first-order valence-corrected chi connectivity index (χ1v) is 29.8. The highest BCUT2D eigenvalue weighted by Gasteiger charge is 2.51. The van der Waals surface area contributed by atoms with E-state index in [1.807, 2.05) is 6.08 Å². The molecule has 2 saturated heterocycles. The largest absolute Gasteiger partial charge is 0.394 e. The third-order valence-corrected chi connectivity index (χ3v) is 13.7. The molecule has 444 valence electrons. The first-order valence-electron chi connectivity index (χ1n) is 29.8. The standard InChI is InChI=1S/C64H105NO13/c1-3-5-7-9-10-11-12-13-14-15-16-17-18-19-20-21-22-23-24-25-26-27-28-29-30-31-32-33-34-35-36-37-38-39-40-41-42-44-46-48-56(69)65-52(53(68)47-45-43-8-6-4-2)51-75-63-61(74)59(72)62(55(50-67)77-63)78-64-60(73)58(71)57(70)54(49-66)76-64/h5,7,10-11,13-14,16-17,19-20,22-23,25-26,28-29,31-32,45,47,52-55,57-64,66-68,70-74H,3-4,6,8-9,12,15,18,21,24,27,30,33-44,46,48-51H2,1-2H3,(H,65,69)/b7-5-,11-10-,14-13-,17-16-,20-19-,23-22-,26-25-,29-28-,32-31-,47-45+. The van der Waals surface area contributed by atoms with E-state index in [2.05, 4.69) is 129 Å². The molecule has 0 aliphatic carbocycles. The molecule has 2 aliphatic heterocycles. The normalized spacial score (nSPS) is 25.5. The summed E-state index contributed by atoms with van der Waals surface area (Å²) in [6.07, 6.45) is 53.3. The number of unbranched alkanes of at least 4 members (excludes halogenated alkanes) is 14. The van der Waals surface area contributed by atoms with Crippen molar-refractivity contribution in [2.45, 2.75) is 254 Å².